The van der Waals surface area contributed by atoms with Gasteiger partial charge in [-0.15, -0.1) is 0 Å². The number of benzene rings is 2. The molecule has 0 saturated heterocycles. The molecule has 3 unspecified atom stereocenters. The maximum absolute atomic E-state index is 12.6. The normalized spacial score (nSPS) is 18.9. The van der Waals surface area contributed by atoms with Gasteiger partial charge in [0.05, 0.1) is 18.6 Å². The highest BCUT2D eigenvalue weighted by Crippen LogP contribution is 2.26. The highest BCUT2D eigenvalue weighted by Gasteiger charge is 2.24. The summed E-state index contributed by atoms with van der Waals surface area (Å²) in [5.41, 5.74) is 2.96. The first-order chi connectivity index (χ1) is 13.1. The first-order valence-corrected chi connectivity index (χ1v) is 9.66. The number of hydrogen-bond donors (Lipinski definition) is 2. The second-order valence-electron chi connectivity index (χ2n) is 7.38. The Kier molecular flexibility index (Phi) is 6.40. The molecule has 1 fully saturated rings. The van der Waals surface area contributed by atoms with Gasteiger partial charge >= 0.3 is 0 Å². The van der Waals surface area contributed by atoms with Gasteiger partial charge in [-0.2, -0.15) is 0 Å². The summed E-state index contributed by atoms with van der Waals surface area (Å²) >= 11 is 0. The average Bonchev–Trinajstić information content (AvgIpc) is 3.11. The molecule has 4 nitrogen and oxygen atoms in total. The monoisotopic (exact) mass is 365 g/mol. The van der Waals surface area contributed by atoms with Crippen LogP contribution >= 0.6 is 0 Å². The third kappa shape index (κ3) is 4.83. The molecule has 0 heterocycles. The summed E-state index contributed by atoms with van der Waals surface area (Å²) in [6.45, 7) is 1.72. The summed E-state index contributed by atoms with van der Waals surface area (Å²) in [4.78, 5) is 24.4. The molecular weight excluding hydrogens is 338 g/mol. The van der Waals surface area contributed by atoms with E-state index in [1.54, 1.807) is 0 Å². The molecule has 0 aliphatic heterocycles. The molecule has 0 radical (unpaired) electrons. The van der Waals surface area contributed by atoms with Gasteiger partial charge < -0.3 is 10.4 Å². The Balaban J connectivity index is 1.61. The Morgan fingerprint density at radius 2 is 1.81 bits per heavy atom. The van der Waals surface area contributed by atoms with Gasteiger partial charge in [0.15, 0.2) is 0 Å². The molecule has 2 N–H and O–H groups in total. The van der Waals surface area contributed by atoms with Crippen LogP contribution in [0.2, 0.25) is 0 Å². The molecule has 1 aliphatic carbocycles. The van der Waals surface area contributed by atoms with Crippen molar-refractivity contribution in [2.45, 2.75) is 44.6 Å². The van der Waals surface area contributed by atoms with Crippen molar-refractivity contribution in [3.05, 3.63) is 71.3 Å². The minimum Gasteiger partial charge on any atom is -0.394 e. The molecule has 3 rings (SSSR count). The highest BCUT2D eigenvalue weighted by atomic mass is 16.3. The molecule has 0 spiro atoms. The van der Waals surface area contributed by atoms with Crippen LogP contribution in [0.25, 0.3) is 0 Å². The van der Waals surface area contributed by atoms with Gasteiger partial charge in [0.1, 0.15) is 5.78 Å². The standard InChI is InChI=1S/C23H27NO3/c1-16(23(27)24-21(15-25)19-6-3-2-4-7-19)18-12-10-17(11-13-18)14-20-8-5-9-22(20)26/h2-4,6-7,10-13,16,20-21,25H,5,8-9,14-15H2,1H3,(H,24,27). The number of carbonyl (C=O) groups excluding carboxylic acids is 2. The minimum atomic E-state index is -0.409. The zero-order chi connectivity index (χ0) is 19.2. The lowest BCUT2D eigenvalue weighted by Crippen LogP contribution is -2.33. The van der Waals surface area contributed by atoms with Gasteiger partial charge in [0.2, 0.25) is 5.91 Å². The van der Waals surface area contributed by atoms with E-state index in [1.807, 2.05) is 61.5 Å². The lowest BCUT2D eigenvalue weighted by Gasteiger charge is -2.20. The summed E-state index contributed by atoms with van der Waals surface area (Å²) < 4.78 is 0. The summed E-state index contributed by atoms with van der Waals surface area (Å²) in [5, 5.41) is 12.6. The van der Waals surface area contributed by atoms with Crippen molar-refractivity contribution in [1.82, 2.24) is 5.32 Å². The molecule has 2 aromatic carbocycles. The highest BCUT2D eigenvalue weighted by molar-refractivity contribution is 5.84. The van der Waals surface area contributed by atoms with Crippen LogP contribution in [-0.4, -0.2) is 23.4 Å². The van der Waals surface area contributed by atoms with Crippen molar-refractivity contribution in [2.75, 3.05) is 6.61 Å². The number of aliphatic hydroxyl groups excluding tert-OH is 1. The molecule has 1 saturated carbocycles. The molecule has 1 aliphatic rings. The van der Waals surface area contributed by atoms with Crippen LogP contribution in [0, 0.1) is 5.92 Å². The number of Topliss-reactive ketones (excluding diaryl/α,β-unsaturated/α-hetero) is 1. The maximum atomic E-state index is 12.6. The lowest BCUT2D eigenvalue weighted by atomic mass is 9.93. The molecule has 1 amide bonds. The van der Waals surface area contributed by atoms with Crippen LogP contribution in [0.5, 0.6) is 0 Å². The van der Waals surface area contributed by atoms with E-state index in [-0.39, 0.29) is 24.3 Å². The number of hydrogen-bond acceptors (Lipinski definition) is 3. The maximum Gasteiger partial charge on any atom is 0.227 e. The Bertz CT molecular complexity index is 770. The van der Waals surface area contributed by atoms with Crippen molar-refractivity contribution in [2.24, 2.45) is 5.92 Å². The number of amides is 1. The third-order valence-electron chi connectivity index (χ3n) is 5.49. The molecular formula is C23H27NO3. The Morgan fingerprint density at radius 1 is 1.11 bits per heavy atom. The van der Waals surface area contributed by atoms with Gasteiger partial charge in [-0.25, -0.2) is 0 Å². The Labute approximate surface area is 160 Å². The Morgan fingerprint density at radius 3 is 2.41 bits per heavy atom. The first-order valence-electron chi connectivity index (χ1n) is 9.66. The number of aliphatic hydroxyl groups is 1. The molecule has 0 bridgehead atoms. The van der Waals surface area contributed by atoms with Crippen molar-refractivity contribution in [3.63, 3.8) is 0 Å². The van der Waals surface area contributed by atoms with Gasteiger partial charge in [0, 0.05) is 12.3 Å². The quantitative estimate of drug-likeness (QED) is 0.788. The fourth-order valence-corrected chi connectivity index (χ4v) is 3.70. The van der Waals surface area contributed by atoms with Crippen LogP contribution in [-0.2, 0) is 16.0 Å². The lowest BCUT2D eigenvalue weighted by molar-refractivity contribution is -0.123. The van der Waals surface area contributed by atoms with Crippen molar-refractivity contribution >= 4 is 11.7 Å². The van der Waals surface area contributed by atoms with Crippen LogP contribution in [0.1, 0.15) is 54.8 Å². The van der Waals surface area contributed by atoms with Crippen molar-refractivity contribution in [1.29, 1.82) is 0 Å². The van der Waals surface area contributed by atoms with E-state index < -0.39 is 6.04 Å². The van der Waals surface area contributed by atoms with Gasteiger partial charge in [-0.3, -0.25) is 9.59 Å². The zero-order valence-electron chi connectivity index (χ0n) is 15.7. The molecule has 3 atom stereocenters. The molecule has 0 aromatic heterocycles. The fourth-order valence-electron chi connectivity index (χ4n) is 3.70. The van der Waals surface area contributed by atoms with E-state index in [4.69, 9.17) is 0 Å². The van der Waals surface area contributed by atoms with E-state index in [0.717, 1.165) is 36.0 Å². The van der Waals surface area contributed by atoms with E-state index in [1.165, 1.54) is 0 Å². The minimum absolute atomic E-state index is 0.114. The molecule has 2 aromatic rings. The zero-order valence-corrected chi connectivity index (χ0v) is 15.7. The topological polar surface area (TPSA) is 66.4 Å². The Hall–Kier alpha value is -2.46. The molecule has 27 heavy (non-hydrogen) atoms. The van der Waals surface area contributed by atoms with Gasteiger partial charge in [-0.05, 0) is 42.9 Å². The van der Waals surface area contributed by atoms with Gasteiger partial charge in [-0.1, -0.05) is 54.6 Å². The number of ketones is 1. The average molecular weight is 365 g/mol. The first kappa shape index (κ1) is 19.3. The number of nitrogens with one attached hydrogen (secondary N) is 1. The van der Waals surface area contributed by atoms with Crippen molar-refractivity contribution in [3.8, 4) is 0 Å². The third-order valence-corrected chi connectivity index (χ3v) is 5.49. The van der Waals surface area contributed by atoms with E-state index >= 15 is 0 Å². The largest absolute Gasteiger partial charge is 0.394 e. The van der Waals surface area contributed by atoms with Crippen LogP contribution in [0.3, 0.4) is 0 Å². The number of rotatable bonds is 7. The van der Waals surface area contributed by atoms with E-state index in [2.05, 4.69) is 5.32 Å². The predicted octanol–water partition coefficient (Wildman–Crippen LogP) is 3.55. The summed E-state index contributed by atoms with van der Waals surface area (Å²) in [5.74, 6) is 0.108. The summed E-state index contributed by atoms with van der Waals surface area (Å²) in [6, 6.07) is 17.0. The van der Waals surface area contributed by atoms with Crippen molar-refractivity contribution < 1.29 is 14.7 Å². The summed E-state index contributed by atoms with van der Waals surface area (Å²) in [7, 11) is 0. The van der Waals surface area contributed by atoms with Crippen LogP contribution < -0.4 is 5.32 Å². The smallest absolute Gasteiger partial charge is 0.227 e. The second kappa shape index (κ2) is 8.96. The van der Waals surface area contributed by atoms with Crippen LogP contribution in [0.15, 0.2) is 54.6 Å². The molecule has 142 valence electrons. The second-order valence-corrected chi connectivity index (χ2v) is 7.38. The van der Waals surface area contributed by atoms with Gasteiger partial charge in [0.25, 0.3) is 0 Å². The predicted molar refractivity (Wildman–Crippen MR) is 105 cm³/mol. The summed E-state index contributed by atoms with van der Waals surface area (Å²) in [6.07, 6.45) is 3.50. The van der Waals surface area contributed by atoms with Crippen LogP contribution in [0.4, 0.5) is 0 Å². The number of carbonyl (C=O) groups is 2. The van der Waals surface area contributed by atoms with E-state index in [0.29, 0.717) is 12.2 Å². The SMILES string of the molecule is CC(C(=O)NC(CO)c1ccccc1)c1ccc(CC2CCCC2=O)cc1. The fraction of sp³-hybridized carbons (Fsp3) is 0.391. The van der Waals surface area contributed by atoms with E-state index in [9.17, 15) is 14.7 Å². The molecule has 4 heteroatoms.